The zero-order chi connectivity index (χ0) is 17.9. The van der Waals surface area contributed by atoms with Gasteiger partial charge in [-0.25, -0.2) is 4.39 Å². The lowest BCUT2D eigenvalue weighted by Crippen LogP contribution is -2.15. The van der Waals surface area contributed by atoms with Crippen LogP contribution in [0.1, 0.15) is 15.9 Å². The number of ketones is 1. The number of halogens is 4. The number of anilines is 1. The molecule has 1 N–H and O–H groups in total. The highest BCUT2D eigenvalue weighted by Crippen LogP contribution is 2.34. The van der Waals surface area contributed by atoms with Crippen LogP contribution in [0.25, 0.3) is 0 Å². The lowest BCUT2D eigenvalue weighted by atomic mass is 10.1. The van der Waals surface area contributed by atoms with E-state index in [2.05, 4.69) is 5.32 Å². The molecular weight excluding hydrogens is 332 g/mol. The van der Waals surface area contributed by atoms with E-state index >= 15 is 0 Å². The summed E-state index contributed by atoms with van der Waals surface area (Å²) in [6, 6.07) is 6.59. The second kappa shape index (κ2) is 6.65. The minimum atomic E-state index is -4.72. The van der Waals surface area contributed by atoms with E-state index in [-0.39, 0.29) is 11.3 Å². The number of rotatable bonds is 5. The molecular formula is C15H10F4N2O3. The van der Waals surface area contributed by atoms with Crippen LogP contribution < -0.4 is 5.32 Å². The van der Waals surface area contributed by atoms with E-state index in [4.69, 9.17) is 0 Å². The second-order valence-corrected chi connectivity index (χ2v) is 4.77. The first-order chi connectivity index (χ1) is 11.2. The summed E-state index contributed by atoms with van der Waals surface area (Å²) in [6.07, 6.45) is -4.72. The normalized spacial score (nSPS) is 11.2. The summed E-state index contributed by atoms with van der Waals surface area (Å²) in [4.78, 5) is 21.9. The third kappa shape index (κ3) is 4.06. The van der Waals surface area contributed by atoms with Gasteiger partial charge < -0.3 is 5.32 Å². The van der Waals surface area contributed by atoms with Gasteiger partial charge in [0.1, 0.15) is 11.5 Å². The van der Waals surface area contributed by atoms with E-state index in [1.165, 1.54) is 12.1 Å². The topological polar surface area (TPSA) is 72.2 Å². The van der Waals surface area contributed by atoms with Crippen molar-refractivity contribution in [3.8, 4) is 0 Å². The fourth-order valence-electron chi connectivity index (χ4n) is 1.92. The Morgan fingerprint density at radius 3 is 2.29 bits per heavy atom. The molecule has 0 saturated heterocycles. The molecule has 0 amide bonds. The molecule has 0 aliphatic carbocycles. The van der Waals surface area contributed by atoms with Crippen molar-refractivity contribution in [2.24, 2.45) is 0 Å². The predicted molar refractivity (Wildman–Crippen MR) is 77.3 cm³/mol. The molecule has 0 radical (unpaired) electrons. The van der Waals surface area contributed by atoms with Crippen LogP contribution in [-0.4, -0.2) is 17.3 Å². The van der Waals surface area contributed by atoms with E-state index in [1.54, 1.807) is 0 Å². The fourth-order valence-corrected chi connectivity index (χ4v) is 1.92. The van der Waals surface area contributed by atoms with E-state index in [0.29, 0.717) is 12.1 Å². The van der Waals surface area contributed by atoms with Gasteiger partial charge in [-0.1, -0.05) is 0 Å². The average molecular weight is 342 g/mol. The molecule has 5 nitrogen and oxygen atoms in total. The highest BCUT2D eigenvalue weighted by Gasteiger charge is 2.33. The van der Waals surface area contributed by atoms with Crippen LogP contribution in [0.4, 0.5) is 28.9 Å². The zero-order valence-corrected chi connectivity index (χ0v) is 11.9. The first-order valence-corrected chi connectivity index (χ1v) is 6.57. The number of carbonyl (C=O) groups is 1. The summed E-state index contributed by atoms with van der Waals surface area (Å²) in [6.45, 7) is -0.391. The zero-order valence-electron chi connectivity index (χ0n) is 11.9. The number of hydrogen-bond acceptors (Lipinski definition) is 4. The van der Waals surface area contributed by atoms with Gasteiger partial charge in [0.15, 0.2) is 5.78 Å². The maximum atomic E-state index is 12.8. The minimum absolute atomic E-state index is 0.165. The van der Waals surface area contributed by atoms with E-state index < -0.39 is 40.5 Å². The van der Waals surface area contributed by atoms with Gasteiger partial charge in [0.2, 0.25) is 0 Å². The van der Waals surface area contributed by atoms with Crippen LogP contribution in [-0.2, 0) is 6.18 Å². The number of nitrogens with one attached hydrogen (secondary N) is 1. The first-order valence-electron chi connectivity index (χ1n) is 6.57. The van der Waals surface area contributed by atoms with Gasteiger partial charge in [0.05, 0.1) is 17.0 Å². The summed E-state index contributed by atoms with van der Waals surface area (Å²) in [5.41, 5.74) is -2.01. The van der Waals surface area contributed by atoms with Crippen molar-refractivity contribution < 1.29 is 27.3 Å². The predicted octanol–water partition coefficient (Wildman–Crippen LogP) is 4.05. The molecule has 126 valence electrons. The molecule has 0 aliphatic heterocycles. The highest BCUT2D eigenvalue weighted by atomic mass is 19.4. The van der Waals surface area contributed by atoms with Gasteiger partial charge in [0, 0.05) is 11.6 Å². The summed E-state index contributed by atoms with van der Waals surface area (Å²) < 4.78 is 50.6. The first kappa shape index (κ1) is 17.4. The van der Waals surface area contributed by atoms with Crippen molar-refractivity contribution in [3.63, 3.8) is 0 Å². The van der Waals surface area contributed by atoms with Gasteiger partial charge in [-0.15, -0.1) is 0 Å². The number of nitrogens with zero attached hydrogens (tertiary/aromatic N) is 1. The molecule has 0 aliphatic rings. The number of alkyl halides is 3. The number of benzene rings is 2. The third-order valence-corrected chi connectivity index (χ3v) is 3.13. The standard InChI is InChI=1S/C15H10F4N2O3/c16-11-4-1-9(2-5-11)14(22)8-20-12-6-3-10(15(17,18)19)7-13(12)21(23)24/h1-7,20H,8H2. The molecule has 0 atom stereocenters. The van der Waals surface area contributed by atoms with Crippen molar-refractivity contribution in [2.45, 2.75) is 6.18 Å². The minimum Gasteiger partial charge on any atom is -0.372 e. The van der Waals surface area contributed by atoms with E-state index in [1.807, 2.05) is 0 Å². The Labute approximate surface area is 133 Å². The smallest absolute Gasteiger partial charge is 0.372 e. The molecule has 0 heterocycles. The molecule has 0 fully saturated rings. The highest BCUT2D eigenvalue weighted by molar-refractivity contribution is 5.99. The summed E-state index contributed by atoms with van der Waals surface area (Å²) in [7, 11) is 0. The summed E-state index contributed by atoms with van der Waals surface area (Å²) in [5, 5.41) is 13.4. The Hall–Kier alpha value is -2.97. The summed E-state index contributed by atoms with van der Waals surface area (Å²) >= 11 is 0. The quantitative estimate of drug-likeness (QED) is 0.385. The molecule has 0 spiro atoms. The second-order valence-electron chi connectivity index (χ2n) is 4.77. The van der Waals surface area contributed by atoms with Crippen molar-refractivity contribution in [1.29, 1.82) is 0 Å². The van der Waals surface area contributed by atoms with Crippen molar-refractivity contribution in [1.82, 2.24) is 0 Å². The Morgan fingerprint density at radius 1 is 1.12 bits per heavy atom. The lowest BCUT2D eigenvalue weighted by Gasteiger charge is -2.10. The molecule has 2 rings (SSSR count). The molecule has 2 aromatic rings. The molecule has 9 heteroatoms. The maximum Gasteiger partial charge on any atom is 0.416 e. The van der Waals surface area contributed by atoms with Gasteiger partial charge in [-0.3, -0.25) is 14.9 Å². The third-order valence-electron chi connectivity index (χ3n) is 3.13. The number of nitro benzene ring substituents is 1. The summed E-state index contributed by atoms with van der Waals surface area (Å²) in [5.74, 6) is -1.03. The molecule has 2 aromatic carbocycles. The van der Waals surface area contributed by atoms with E-state index in [9.17, 15) is 32.5 Å². The van der Waals surface area contributed by atoms with Crippen molar-refractivity contribution in [3.05, 3.63) is 69.5 Å². The van der Waals surface area contributed by atoms with Crippen LogP contribution in [0.5, 0.6) is 0 Å². The van der Waals surface area contributed by atoms with Crippen LogP contribution in [0.3, 0.4) is 0 Å². The number of Topliss-reactive ketones (excluding diaryl/α,β-unsaturated/α-hetero) is 1. The maximum absolute atomic E-state index is 12.8. The van der Waals surface area contributed by atoms with Crippen LogP contribution in [0.2, 0.25) is 0 Å². The van der Waals surface area contributed by atoms with Crippen LogP contribution in [0.15, 0.2) is 42.5 Å². The molecule has 24 heavy (non-hydrogen) atoms. The number of carbonyl (C=O) groups excluding carboxylic acids is 1. The van der Waals surface area contributed by atoms with Crippen molar-refractivity contribution >= 4 is 17.2 Å². The molecule has 0 aromatic heterocycles. The van der Waals surface area contributed by atoms with Crippen molar-refractivity contribution in [2.75, 3.05) is 11.9 Å². The Balaban J connectivity index is 2.18. The monoisotopic (exact) mass is 342 g/mol. The average Bonchev–Trinajstić information content (AvgIpc) is 2.52. The van der Waals surface area contributed by atoms with Crippen LogP contribution >= 0.6 is 0 Å². The largest absolute Gasteiger partial charge is 0.416 e. The number of nitro groups is 1. The Morgan fingerprint density at radius 2 is 1.75 bits per heavy atom. The van der Waals surface area contributed by atoms with Gasteiger partial charge in [-0.05, 0) is 36.4 Å². The lowest BCUT2D eigenvalue weighted by molar-refractivity contribution is -0.384. The van der Waals surface area contributed by atoms with E-state index in [0.717, 1.165) is 18.2 Å². The molecule has 0 unspecified atom stereocenters. The van der Waals surface area contributed by atoms with Crippen LogP contribution in [0, 0.1) is 15.9 Å². The van der Waals surface area contributed by atoms with Gasteiger partial charge in [-0.2, -0.15) is 13.2 Å². The molecule has 0 bridgehead atoms. The Bertz CT molecular complexity index is 773. The Kier molecular flexibility index (Phi) is 4.82. The molecule has 0 saturated carbocycles. The van der Waals surface area contributed by atoms with Gasteiger partial charge >= 0.3 is 6.18 Å². The van der Waals surface area contributed by atoms with Gasteiger partial charge in [0.25, 0.3) is 5.69 Å². The number of hydrogen-bond donors (Lipinski definition) is 1. The fraction of sp³-hybridized carbons (Fsp3) is 0.133. The SMILES string of the molecule is O=C(CNc1ccc(C(F)(F)F)cc1[N+](=O)[O-])c1ccc(F)cc1.